The highest BCUT2D eigenvalue weighted by molar-refractivity contribution is 5.78. The van der Waals surface area contributed by atoms with Crippen molar-refractivity contribution in [1.82, 2.24) is 4.90 Å². The van der Waals surface area contributed by atoms with E-state index in [1.807, 2.05) is 17.1 Å². The second-order valence-corrected chi connectivity index (χ2v) is 3.42. The van der Waals surface area contributed by atoms with Gasteiger partial charge in [-0.15, -0.1) is 0 Å². The van der Waals surface area contributed by atoms with Crippen molar-refractivity contribution in [1.29, 1.82) is 0 Å². The predicted octanol–water partition coefficient (Wildman–Crippen LogP) is 2.30. The van der Waals surface area contributed by atoms with Gasteiger partial charge in [-0.2, -0.15) is 0 Å². The van der Waals surface area contributed by atoms with Crippen LogP contribution in [0.1, 0.15) is 19.3 Å². The van der Waals surface area contributed by atoms with E-state index in [2.05, 4.69) is 13.2 Å². The van der Waals surface area contributed by atoms with E-state index in [0.29, 0.717) is 6.42 Å². The van der Waals surface area contributed by atoms with Crippen molar-refractivity contribution in [3.63, 3.8) is 0 Å². The fraction of sp³-hybridized carbons (Fsp3) is 0.417. The fourth-order valence-electron chi connectivity index (χ4n) is 1.61. The van der Waals surface area contributed by atoms with Crippen molar-refractivity contribution in [3.8, 4) is 0 Å². The lowest BCUT2D eigenvalue weighted by Gasteiger charge is -2.15. The Labute approximate surface area is 85.6 Å². The lowest BCUT2D eigenvalue weighted by molar-refractivity contribution is -0.127. The third kappa shape index (κ3) is 2.87. The number of hydrogen-bond donors (Lipinski definition) is 0. The van der Waals surface area contributed by atoms with Crippen LogP contribution in [0, 0.1) is 0 Å². The highest BCUT2D eigenvalue weighted by Crippen LogP contribution is 2.12. The van der Waals surface area contributed by atoms with Crippen LogP contribution in [-0.2, 0) is 4.79 Å². The number of carbonyl (C=O) groups excluding carboxylic acids is 1. The van der Waals surface area contributed by atoms with Crippen LogP contribution < -0.4 is 0 Å². The molecule has 0 aromatic rings. The molecule has 76 valence electrons. The topological polar surface area (TPSA) is 20.3 Å². The van der Waals surface area contributed by atoms with Crippen LogP contribution in [0.5, 0.6) is 0 Å². The molecular formula is C12H17NO. The zero-order valence-corrected chi connectivity index (χ0v) is 8.54. The standard InChI is InChI=1S/C12H17NO/c1-3-6-11(4-2)8-10-13-9-5-7-12(13)14/h3-4,6H,1-2,5,7-10H2/b11-6+. The van der Waals surface area contributed by atoms with E-state index in [1.165, 1.54) is 0 Å². The Kier molecular flexibility index (Phi) is 4.17. The molecule has 0 aliphatic carbocycles. The van der Waals surface area contributed by atoms with Gasteiger partial charge in [-0.05, 0) is 18.4 Å². The van der Waals surface area contributed by atoms with Gasteiger partial charge in [0, 0.05) is 19.5 Å². The van der Waals surface area contributed by atoms with Gasteiger partial charge in [0.25, 0.3) is 0 Å². The molecule has 1 amide bonds. The second-order valence-electron chi connectivity index (χ2n) is 3.42. The van der Waals surface area contributed by atoms with Crippen molar-refractivity contribution >= 4 is 5.91 Å². The molecule has 0 aromatic carbocycles. The number of rotatable bonds is 5. The number of carbonyl (C=O) groups is 1. The largest absolute Gasteiger partial charge is 0.342 e. The van der Waals surface area contributed by atoms with E-state index >= 15 is 0 Å². The van der Waals surface area contributed by atoms with Gasteiger partial charge in [0.1, 0.15) is 0 Å². The fourth-order valence-corrected chi connectivity index (χ4v) is 1.61. The van der Waals surface area contributed by atoms with Crippen LogP contribution in [0.25, 0.3) is 0 Å². The minimum atomic E-state index is 0.284. The molecule has 0 aromatic heterocycles. The lowest BCUT2D eigenvalue weighted by atomic mass is 10.1. The highest BCUT2D eigenvalue weighted by atomic mass is 16.2. The van der Waals surface area contributed by atoms with Crippen LogP contribution >= 0.6 is 0 Å². The van der Waals surface area contributed by atoms with Gasteiger partial charge < -0.3 is 4.90 Å². The lowest BCUT2D eigenvalue weighted by Crippen LogP contribution is -2.25. The summed E-state index contributed by atoms with van der Waals surface area (Å²) in [6.45, 7) is 9.09. The highest BCUT2D eigenvalue weighted by Gasteiger charge is 2.19. The zero-order valence-electron chi connectivity index (χ0n) is 8.54. The monoisotopic (exact) mass is 191 g/mol. The van der Waals surface area contributed by atoms with E-state index in [-0.39, 0.29) is 5.91 Å². The number of allylic oxidation sites excluding steroid dienone is 3. The SMILES string of the molecule is C=C/C=C(\C=C)CCN1CCCC1=O. The van der Waals surface area contributed by atoms with Gasteiger partial charge in [0.05, 0.1) is 0 Å². The molecule has 1 aliphatic rings. The Morgan fingerprint density at radius 3 is 2.79 bits per heavy atom. The Bertz CT molecular complexity index is 265. The van der Waals surface area contributed by atoms with Gasteiger partial charge in [0.15, 0.2) is 0 Å². The molecule has 1 heterocycles. The van der Waals surface area contributed by atoms with Crippen molar-refractivity contribution in [2.24, 2.45) is 0 Å². The first kappa shape index (κ1) is 10.8. The van der Waals surface area contributed by atoms with E-state index in [9.17, 15) is 4.79 Å². The van der Waals surface area contributed by atoms with Gasteiger partial charge in [0.2, 0.25) is 5.91 Å². The van der Waals surface area contributed by atoms with Crippen molar-refractivity contribution < 1.29 is 4.79 Å². The Hall–Kier alpha value is -1.31. The molecule has 2 nitrogen and oxygen atoms in total. The van der Waals surface area contributed by atoms with Crippen molar-refractivity contribution in [2.75, 3.05) is 13.1 Å². The normalized spacial score (nSPS) is 17.3. The number of hydrogen-bond acceptors (Lipinski definition) is 1. The molecular weight excluding hydrogens is 174 g/mol. The second kappa shape index (κ2) is 5.43. The summed E-state index contributed by atoms with van der Waals surface area (Å²) >= 11 is 0. The molecule has 0 bridgehead atoms. The van der Waals surface area contributed by atoms with Crippen LogP contribution in [0.2, 0.25) is 0 Å². The van der Waals surface area contributed by atoms with Crippen LogP contribution in [0.4, 0.5) is 0 Å². The maximum absolute atomic E-state index is 11.3. The molecule has 2 heteroatoms. The molecule has 14 heavy (non-hydrogen) atoms. The first-order valence-corrected chi connectivity index (χ1v) is 4.99. The molecule has 0 spiro atoms. The summed E-state index contributed by atoms with van der Waals surface area (Å²) in [6, 6.07) is 0. The number of amides is 1. The van der Waals surface area contributed by atoms with Gasteiger partial charge in [-0.25, -0.2) is 0 Å². The summed E-state index contributed by atoms with van der Waals surface area (Å²) < 4.78 is 0. The summed E-state index contributed by atoms with van der Waals surface area (Å²) in [5.74, 6) is 0.284. The maximum Gasteiger partial charge on any atom is 0.222 e. The van der Waals surface area contributed by atoms with E-state index < -0.39 is 0 Å². The third-order valence-corrected chi connectivity index (χ3v) is 2.44. The number of nitrogens with zero attached hydrogens (tertiary/aromatic N) is 1. The first-order valence-electron chi connectivity index (χ1n) is 4.99. The summed E-state index contributed by atoms with van der Waals surface area (Å²) in [5.41, 5.74) is 1.14. The van der Waals surface area contributed by atoms with Crippen LogP contribution in [0.3, 0.4) is 0 Å². The molecule has 0 N–H and O–H groups in total. The van der Waals surface area contributed by atoms with Crippen molar-refractivity contribution in [3.05, 3.63) is 37.0 Å². The van der Waals surface area contributed by atoms with Gasteiger partial charge >= 0.3 is 0 Å². The number of likely N-dealkylation sites (tertiary alicyclic amines) is 1. The molecule has 0 saturated carbocycles. The average Bonchev–Trinajstić information content (AvgIpc) is 2.59. The van der Waals surface area contributed by atoms with Crippen LogP contribution in [0.15, 0.2) is 37.0 Å². The maximum atomic E-state index is 11.3. The summed E-state index contributed by atoms with van der Waals surface area (Å²) in [5, 5.41) is 0. The van der Waals surface area contributed by atoms with Crippen LogP contribution in [-0.4, -0.2) is 23.9 Å². The average molecular weight is 191 g/mol. The Balaban J connectivity index is 2.38. The molecule has 1 aliphatic heterocycles. The smallest absolute Gasteiger partial charge is 0.222 e. The van der Waals surface area contributed by atoms with E-state index in [0.717, 1.165) is 31.5 Å². The van der Waals surface area contributed by atoms with E-state index in [4.69, 9.17) is 0 Å². The molecule has 0 unspecified atom stereocenters. The Morgan fingerprint density at radius 2 is 2.29 bits per heavy atom. The van der Waals surface area contributed by atoms with Gasteiger partial charge in [-0.3, -0.25) is 4.79 Å². The minimum absolute atomic E-state index is 0.284. The Morgan fingerprint density at radius 1 is 1.50 bits per heavy atom. The van der Waals surface area contributed by atoms with Gasteiger partial charge in [-0.1, -0.05) is 31.4 Å². The minimum Gasteiger partial charge on any atom is -0.342 e. The quantitative estimate of drug-likeness (QED) is 0.611. The molecule has 1 fully saturated rings. The third-order valence-electron chi connectivity index (χ3n) is 2.44. The molecule has 0 radical (unpaired) electrons. The molecule has 0 atom stereocenters. The summed E-state index contributed by atoms with van der Waals surface area (Å²) in [4.78, 5) is 13.2. The van der Waals surface area contributed by atoms with E-state index in [1.54, 1.807) is 6.08 Å². The zero-order chi connectivity index (χ0) is 10.4. The first-order chi connectivity index (χ1) is 6.77. The van der Waals surface area contributed by atoms with Crippen molar-refractivity contribution in [2.45, 2.75) is 19.3 Å². The predicted molar refractivity (Wildman–Crippen MR) is 58.9 cm³/mol. The molecule has 1 saturated heterocycles. The summed E-state index contributed by atoms with van der Waals surface area (Å²) in [6.07, 6.45) is 8.11. The summed E-state index contributed by atoms with van der Waals surface area (Å²) in [7, 11) is 0. The molecule has 1 rings (SSSR count).